The second-order valence-corrected chi connectivity index (χ2v) is 4.19. The molecule has 0 spiro atoms. The molecule has 1 N–H and O–H groups in total. The molecule has 0 rings (SSSR count). The van der Waals surface area contributed by atoms with Crippen LogP contribution in [0.25, 0.3) is 0 Å². The van der Waals surface area contributed by atoms with Crippen molar-refractivity contribution in [1.82, 2.24) is 5.32 Å². The molecule has 0 saturated heterocycles. The number of amides is 1. The zero-order valence-electron chi connectivity index (χ0n) is 9.51. The summed E-state index contributed by atoms with van der Waals surface area (Å²) < 4.78 is 5.00. The molecule has 0 aliphatic carbocycles. The first kappa shape index (κ1) is 12.9. The normalized spacial score (nSPS) is 13.2. The van der Waals surface area contributed by atoms with Gasteiger partial charge in [-0.3, -0.25) is 4.79 Å². The van der Waals surface area contributed by atoms with E-state index in [0.717, 1.165) is 0 Å². The summed E-state index contributed by atoms with van der Waals surface area (Å²) in [4.78, 5) is 22.3. The summed E-state index contributed by atoms with van der Waals surface area (Å²) in [5, 5.41) is 2.48. The highest BCUT2D eigenvalue weighted by atomic mass is 16.6. The Hall–Kier alpha value is -1.06. The Morgan fingerprint density at radius 3 is 2.21 bits per heavy atom. The Balaban J connectivity index is 4.01. The van der Waals surface area contributed by atoms with E-state index in [2.05, 4.69) is 5.32 Å². The van der Waals surface area contributed by atoms with Crippen molar-refractivity contribution in [2.24, 2.45) is 0 Å². The van der Waals surface area contributed by atoms with E-state index in [9.17, 15) is 9.59 Å². The minimum atomic E-state index is -0.549. The molecule has 14 heavy (non-hydrogen) atoms. The molecule has 82 valence electrons. The first-order valence-corrected chi connectivity index (χ1v) is 4.78. The lowest BCUT2D eigenvalue weighted by Gasteiger charge is -2.21. The number of ether oxygens (including phenoxy) is 1. The number of carbonyl (C=O) groups is 2. The SMILES string of the molecule is CCC(=O)C(C)NC(=O)OC(C)(C)C. The zero-order valence-corrected chi connectivity index (χ0v) is 9.51. The Bertz CT molecular complexity index is 218. The predicted octanol–water partition coefficient (Wildman–Crippen LogP) is 1.88. The molecular weight excluding hydrogens is 182 g/mol. The second-order valence-electron chi connectivity index (χ2n) is 4.19. The molecule has 4 nitrogen and oxygen atoms in total. The topological polar surface area (TPSA) is 55.4 Å². The lowest BCUT2D eigenvalue weighted by Crippen LogP contribution is -2.41. The molecule has 0 fully saturated rings. The van der Waals surface area contributed by atoms with Crippen LogP contribution in [0.5, 0.6) is 0 Å². The van der Waals surface area contributed by atoms with Crippen molar-refractivity contribution in [3.63, 3.8) is 0 Å². The summed E-state index contributed by atoms with van der Waals surface area (Å²) in [6.45, 7) is 8.74. The van der Waals surface area contributed by atoms with Crippen LogP contribution in [-0.2, 0) is 9.53 Å². The van der Waals surface area contributed by atoms with E-state index in [1.807, 2.05) is 0 Å². The van der Waals surface area contributed by atoms with Gasteiger partial charge in [0.25, 0.3) is 0 Å². The third-order valence-corrected chi connectivity index (χ3v) is 1.56. The fourth-order valence-electron chi connectivity index (χ4n) is 0.871. The van der Waals surface area contributed by atoms with Gasteiger partial charge in [0.15, 0.2) is 5.78 Å². The van der Waals surface area contributed by atoms with Crippen molar-refractivity contribution >= 4 is 11.9 Å². The van der Waals surface area contributed by atoms with Gasteiger partial charge in [0.05, 0.1) is 6.04 Å². The van der Waals surface area contributed by atoms with E-state index < -0.39 is 17.7 Å². The number of alkyl carbamates (subject to hydrolysis) is 1. The van der Waals surface area contributed by atoms with E-state index >= 15 is 0 Å². The molecule has 0 saturated carbocycles. The van der Waals surface area contributed by atoms with Crippen LogP contribution in [0, 0.1) is 0 Å². The zero-order chi connectivity index (χ0) is 11.4. The maximum atomic E-state index is 11.2. The average molecular weight is 201 g/mol. The van der Waals surface area contributed by atoms with Gasteiger partial charge in [-0.15, -0.1) is 0 Å². The fraction of sp³-hybridized carbons (Fsp3) is 0.800. The van der Waals surface area contributed by atoms with Gasteiger partial charge in [0.2, 0.25) is 0 Å². The molecule has 1 amide bonds. The van der Waals surface area contributed by atoms with E-state index in [1.54, 1.807) is 34.6 Å². The summed E-state index contributed by atoms with van der Waals surface area (Å²) in [6.07, 6.45) is -0.136. The number of Topliss-reactive ketones (excluding diaryl/α,β-unsaturated/α-hetero) is 1. The molecule has 0 aromatic carbocycles. The molecule has 0 aromatic heterocycles. The van der Waals surface area contributed by atoms with Crippen LogP contribution in [0.3, 0.4) is 0 Å². The second kappa shape index (κ2) is 4.98. The number of hydrogen-bond donors (Lipinski definition) is 1. The smallest absolute Gasteiger partial charge is 0.408 e. The standard InChI is InChI=1S/C10H19NO3/c1-6-8(12)7(2)11-9(13)14-10(3,4)5/h7H,6H2,1-5H3,(H,11,13). The molecule has 0 heterocycles. The van der Waals surface area contributed by atoms with E-state index in [4.69, 9.17) is 4.74 Å². The van der Waals surface area contributed by atoms with Crippen molar-refractivity contribution in [2.75, 3.05) is 0 Å². The molecule has 0 aliphatic heterocycles. The lowest BCUT2D eigenvalue weighted by atomic mass is 10.2. The van der Waals surface area contributed by atoms with Crippen molar-refractivity contribution in [2.45, 2.75) is 52.7 Å². The third kappa shape index (κ3) is 5.56. The maximum absolute atomic E-state index is 11.2. The van der Waals surface area contributed by atoms with Gasteiger partial charge >= 0.3 is 6.09 Å². The van der Waals surface area contributed by atoms with Gasteiger partial charge in [-0.2, -0.15) is 0 Å². The molecule has 0 aliphatic rings. The highest BCUT2D eigenvalue weighted by molar-refractivity contribution is 5.86. The van der Waals surface area contributed by atoms with Crippen molar-refractivity contribution in [3.8, 4) is 0 Å². The maximum Gasteiger partial charge on any atom is 0.408 e. The average Bonchev–Trinajstić information content (AvgIpc) is 1.99. The fourth-order valence-corrected chi connectivity index (χ4v) is 0.871. The summed E-state index contributed by atoms with van der Waals surface area (Å²) in [5.41, 5.74) is -0.529. The molecular formula is C10H19NO3. The van der Waals surface area contributed by atoms with Gasteiger partial charge < -0.3 is 10.1 Å². The highest BCUT2D eigenvalue weighted by Crippen LogP contribution is 2.06. The van der Waals surface area contributed by atoms with Crippen LogP contribution in [-0.4, -0.2) is 23.5 Å². The molecule has 4 heteroatoms. The van der Waals surface area contributed by atoms with Crippen LogP contribution >= 0.6 is 0 Å². The van der Waals surface area contributed by atoms with Crippen molar-refractivity contribution < 1.29 is 14.3 Å². The Morgan fingerprint density at radius 2 is 1.86 bits per heavy atom. The van der Waals surface area contributed by atoms with Crippen LogP contribution in [0.15, 0.2) is 0 Å². The van der Waals surface area contributed by atoms with Crippen LogP contribution in [0.2, 0.25) is 0 Å². The minimum absolute atomic E-state index is 0.00383. The monoisotopic (exact) mass is 201 g/mol. The van der Waals surface area contributed by atoms with Gasteiger partial charge in [-0.1, -0.05) is 6.92 Å². The Kier molecular flexibility index (Phi) is 4.60. The number of rotatable bonds is 3. The van der Waals surface area contributed by atoms with E-state index in [0.29, 0.717) is 6.42 Å². The lowest BCUT2D eigenvalue weighted by molar-refractivity contribution is -0.120. The molecule has 1 atom stereocenters. The summed E-state index contributed by atoms with van der Waals surface area (Å²) in [7, 11) is 0. The first-order valence-electron chi connectivity index (χ1n) is 4.78. The quantitative estimate of drug-likeness (QED) is 0.758. The predicted molar refractivity (Wildman–Crippen MR) is 54.1 cm³/mol. The molecule has 0 aromatic rings. The van der Waals surface area contributed by atoms with Crippen molar-refractivity contribution in [1.29, 1.82) is 0 Å². The number of carbonyl (C=O) groups excluding carboxylic acids is 2. The van der Waals surface area contributed by atoms with Gasteiger partial charge in [-0.25, -0.2) is 4.79 Å². The highest BCUT2D eigenvalue weighted by Gasteiger charge is 2.19. The van der Waals surface area contributed by atoms with Gasteiger partial charge in [0, 0.05) is 6.42 Å². The largest absolute Gasteiger partial charge is 0.444 e. The van der Waals surface area contributed by atoms with Crippen LogP contribution in [0.1, 0.15) is 41.0 Å². The number of ketones is 1. The third-order valence-electron chi connectivity index (χ3n) is 1.56. The molecule has 1 unspecified atom stereocenters. The summed E-state index contributed by atoms with van der Waals surface area (Å²) in [5.74, 6) is -0.00383. The van der Waals surface area contributed by atoms with Gasteiger partial charge in [0.1, 0.15) is 5.60 Å². The molecule has 0 bridgehead atoms. The van der Waals surface area contributed by atoms with E-state index in [1.165, 1.54) is 0 Å². The van der Waals surface area contributed by atoms with Crippen molar-refractivity contribution in [3.05, 3.63) is 0 Å². The minimum Gasteiger partial charge on any atom is -0.444 e. The first-order chi connectivity index (χ1) is 6.26. The number of hydrogen-bond acceptors (Lipinski definition) is 3. The molecule has 0 radical (unpaired) electrons. The Morgan fingerprint density at radius 1 is 1.36 bits per heavy atom. The number of nitrogens with one attached hydrogen (secondary N) is 1. The van der Waals surface area contributed by atoms with E-state index in [-0.39, 0.29) is 5.78 Å². The van der Waals surface area contributed by atoms with Crippen LogP contribution in [0.4, 0.5) is 4.79 Å². The van der Waals surface area contributed by atoms with Crippen LogP contribution < -0.4 is 5.32 Å². The Labute approximate surface area is 85.0 Å². The van der Waals surface area contributed by atoms with Gasteiger partial charge in [-0.05, 0) is 27.7 Å². The summed E-state index contributed by atoms with van der Waals surface area (Å²) in [6, 6.07) is -0.477. The summed E-state index contributed by atoms with van der Waals surface area (Å²) >= 11 is 0.